The first-order chi connectivity index (χ1) is 9.09. The molecule has 103 valence electrons. The zero-order chi connectivity index (χ0) is 13.3. The van der Waals surface area contributed by atoms with Gasteiger partial charge in [0.05, 0.1) is 13.2 Å². The fourth-order valence-electron chi connectivity index (χ4n) is 2.86. The minimum Gasteiger partial charge on any atom is -0.349 e. The molecule has 0 atom stereocenters. The van der Waals surface area contributed by atoms with Crippen molar-refractivity contribution in [1.82, 2.24) is 4.98 Å². The van der Waals surface area contributed by atoms with Crippen LogP contribution in [0.5, 0.6) is 0 Å². The Balaban J connectivity index is 1.74. The highest BCUT2D eigenvalue weighted by Gasteiger charge is 2.40. The lowest BCUT2D eigenvalue weighted by Crippen LogP contribution is -2.48. The van der Waals surface area contributed by atoms with Gasteiger partial charge in [-0.3, -0.25) is 4.98 Å². The molecule has 1 saturated heterocycles. The van der Waals surface area contributed by atoms with Gasteiger partial charge in [-0.25, -0.2) is 0 Å². The number of ether oxygens (including phenoxy) is 2. The smallest absolute Gasteiger partial charge is 0.168 e. The Kier molecular flexibility index (Phi) is 3.35. The van der Waals surface area contributed by atoms with E-state index in [1.807, 2.05) is 0 Å². The molecule has 1 aliphatic heterocycles. The number of hydrogen-bond acceptors (Lipinski definition) is 3. The van der Waals surface area contributed by atoms with Crippen molar-refractivity contribution in [2.45, 2.75) is 51.7 Å². The molecule has 1 radical (unpaired) electrons. The monoisotopic (exact) mass is 260 g/mol. The first-order valence-corrected chi connectivity index (χ1v) is 7.20. The Bertz CT molecular complexity index is 446. The number of nitrogens with zero attached hydrogens (tertiary/aromatic N) is 1. The zero-order valence-corrected chi connectivity index (χ0v) is 11.9. The molecule has 0 amide bonds. The Hall–Kier alpha value is -0.930. The Labute approximate surface area is 115 Å². The largest absolute Gasteiger partial charge is 0.349 e. The van der Waals surface area contributed by atoms with Crippen molar-refractivity contribution in [3.8, 4) is 0 Å². The molecule has 1 aromatic rings. The number of aromatic nitrogens is 1. The van der Waals surface area contributed by atoms with Crippen molar-refractivity contribution in [2.75, 3.05) is 13.2 Å². The fourth-order valence-corrected chi connectivity index (χ4v) is 2.86. The van der Waals surface area contributed by atoms with Gasteiger partial charge < -0.3 is 9.47 Å². The van der Waals surface area contributed by atoms with E-state index < -0.39 is 0 Å². The van der Waals surface area contributed by atoms with Crippen LogP contribution in [0.15, 0.2) is 12.3 Å². The molecule has 0 saturated carbocycles. The second-order valence-corrected chi connectivity index (χ2v) is 6.55. The van der Waals surface area contributed by atoms with Crippen LogP contribution in [0.1, 0.15) is 44.4 Å². The van der Waals surface area contributed by atoms with Crippen molar-refractivity contribution in [1.29, 1.82) is 0 Å². The third-order valence-electron chi connectivity index (χ3n) is 4.12. The summed E-state index contributed by atoms with van der Waals surface area (Å²) < 4.78 is 12.2. The van der Waals surface area contributed by atoms with Gasteiger partial charge in [-0.05, 0) is 30.9 Å². The van der Waals surface area contributed by atoms with Crippen LogP contribution in [-0.2, 0) is 22.3 Å². The molecule has 1 fully saturated rings. The van der Waals surface area contributed by atoms with Crippen LogP contribution in [-0.4, -0.2) is 24.0 Å². The molecule has 0 aromatic carbocycles. The maximum absolute atomic E-state index is 6.12. The lowest BCUT2D eigenvalue weighted by Gasteiger charge is -2.44. The van der Waals surface area contributed by atoms with Crippen molar-refractivity contribution in [3.63, 3.8) is 0 Å². The molecular weight excluding hydrogens is 238 g/mol. The Morgan fingerprint density at radius 2 is 1.95 bits per heavy atom. The second kappa shape index (κ2) is 4.88. The van der Waals surface area contributed by atoms with E-state index in [0.717, 1.165) is 45.3 Å². The average Bonchev–Trinajstić information content (AvgIpc) is 2.38. The molecule has 2 aliphatic rings. The molecule has 3 nitrogen and oxygen atoms in total. The van der Waals surface area contributed by atoms with Gasteiger partial charge in [0, 0.05) is 36.2 Å². The molecule has 1 aromatic heterocycles. The normalized spacial score (nSPS) is 25.4. The van der Waals surface area contributed by atoms with E-state index in [4.69, 9.17) is 9.47 Å². The average molecular weight is 260 g/mol. The Morgan fingerprint density at radius 1 is 1.16 bits per heavy atom. The molecule has 0 N–H and O–H groups in total. The topological polar surface area (TPSA) is 31.4 Å². The van der Waals surface area contributed by atoms with E-state index >= 15 is 0 Å². The lowest BCUT2D eigenvalue weighted by molar-refractivity contribution is -0.304. The molecule has 2 heterocycles. The van der Waals surface area contributed by atoms with Gasteiger partial charge in [0.25, 0.3) is 0 Å². The SMILES string of the molecule is CC1(C)COC2(CCCc3nc[c]cc3CC2)OC1. The van der Waals surface area contributed by atoms with Gasteiger partial charge in [-0.15, -0.1) is 0 Å². The highest BCUT2D eigenvalue weighted by molar-refractivity contribution is 5.20. The standard InChI is InChI=1S/C16H22NO2/c1-15(2)11-18-16(19-12-15)8-3-6-14-13(7-9-16)5-4-10-17-14/h5,10H,3,6-9,11-12H2,1-2H3. The van der Waals surface area contributed by atoms with Crippen LogP contribution in [0.4, 0.5) is 0 Å². The predicted molar refractivity (Wildman–Crippen MR) is 72.7 cm³/mol. The van der Waals surface area contributed by atoms with E-state index in [9.17, 15) is 0 Å². The van der Waals surface area contributed by atoms with E-state index in [2.05, 4.69) is 31.0 Å². The molecule has 1 spiro atoms. The first-order valence-electron chi connectivity index (χ1n) is 7.20. The number of fused-ring (bicyclic) bond motifs is 1. The van der Waals surface area contributed by atoms with Crippen LogP contribution < -0.4 is 0 Å². The summed E-state index contributed by atoms with van der Waals surface area (Å²) in [6, 6.07) is 5.14. The fraction of sp³-hybridized carbons (Fsp3) is 0.688. The summed E-state index contributed by atoms with van der Waals surface area (Å²) >= 11 is 0. The quantitative estimate of drug-likeness (QED) is 0.718. The molecule has 3 rings (SSSR count). The lowest BCUT2D eigenvalue weighted by atomic mass is 9.89. The van der Waals surface area contributed by atoms with E-state index in [-0.39, 0.29) is 11.2 Å². The van der Waals surface area contributed by atoms with Crippen molar-refractivity contribution in [3.05, 3.63) is 29.6 Å². The van der Waals surface area contributed by atoms with Crippen molar-refractivity contribution < 1.29 is 9.47 Å². The van der Waals surface area contributed by atoms with E-state index in [0.29, 0.717) is 0 Å². The van der Waals surface area contributed by atoms with Crippen LogP contribution in [0, 0.1) is 11.5 Å². The number of hydrogen-bond donors (Lipinski definition) is 0. The summed E-state index contributed by atoms with van der Waals surface area (Å²) in [5, 5.41) is 0. The maximum Gasteiger partial charge on any atom is 0.168 e. The maximum atomic E-state index is 6.12. The molecule has 1 aliphatic carbocycles. The summed E-state index contributed by atoms with van der Waals surface area (Å²) in [5.74, 6) is -0.358. The molecule has 3 heteroatoms. The van der Waals surface area contributed by atoms with E-state index in [1.54, 1.807) is 6.20 Å². The van der Waals surface area contributed by atoms with Gasteiger partial charge in [-0.2, -0.15) is 0 Å². The highest BCUT2D eigenvalue weighted by atomic mass is 16.7. The summed E-state index contributed by atoms with van der Waals surface area (Å²) in [4.78, 5) is 4.44. The predicted octanol–water partition coefficient (Wildman–Crippen LogP) is 2.92. The summed E-state index contributed by atoms with van der Waals surface area (Å²) in [6.45, 7) is 5.96. The van der Waals surface area contributed by atoms with Gasteiger partial charge in [0.15, 0.2) is 5.79 Å². The second-order valence-electron chi connectivity index (χ2n) is 6.55. The molecular formula is C16H22NO2. The van der Waals surface area contributed by atoms with Crippen LogP contribution in [0.25, 0.3) is 0 Å². The molecule has 19 heavy (non-hydrogen) atoms. The van der Waals surface area contributed by atoms with Crippen molar-refractivity contribution in [2.24, 2.45) is 5.41 Å². The third-order valence-corrected chi connectivity index (χ3v) is 4.12. The summed E-state index contributed by atoms with van der Waals surface area (Å²) in [5.41, 5.74) is 2.67. The summed E-state index contributed by atoms with van der Waals surface area (Å²) in [7, 11) is 0. The van der Waals surface area contributed by atoms with Gasteiger partial charge >= 0.3 is 0 Å². The number of aryl methyl sites for hydroxylation is 2. The first kappa shape index (κ1) is 13.1. The van der Waals surface area contributed by atoms with Gasteiger partial charge in [0.2, 0.25) is 0 Å². The highest BCUT2D eigenvalue weighted by Crippen LogP contribution is 2.37. The van der Waals surface area contributed by atoms with Crippen LogP contribution in [0.2, 0.25) is 0 Å². The minimum absolute atomic E-state index is 0.140. The molecule has 0 unspecified atom stereocenters. The van der Waals surface area contributed by atoms with E-state index in [1.165, 1.54) is 11.3 Å². The summed E-state index contributed by atoms with van der Waals surface area (Å²) in [6.07, 6.45) is 6.73. The Morgan fingerprint density at radius 3 is 2.74 bits per heavy atom. The zero-order valence-electron chi connectivity index (χ0n) is 11.9. The third kappa shape index (κ3) is 2.82. The minimum atomic E-state index is -0.358. The van der Waals surface area contributed by atoms with Crippen LogP contribution in [0.3, 0.4) is 0 Å². The number of rotatable bonds is 0. The van der Waals surface area contributed by atoms with Crippen molar-refractivity contribution >= 4 is 0 Å². The molecule has 0 bridgehead atoms. The van der Waals surface area contributed by atoms with Gasteiger partial charge in [0.1, 0.15) is 0 Å². The number of pyridine rings is 1. The van der Waals surface area contributed by atoms with Crippen LogP contribution >= 0.6 is 0 Å². The van der Waals surface area contributed by atoms with Gasteiger partial charge in [-0.1, -0.05) is 13.8 Å².